The fourth-order valence-corrected chi connectivity index (χ4v) is 2.91. The SMILES string of the molecule is Cc1nc(-c2ccccc2NC(=O)CSCc2ccccn2)n[nH]1. The van der Waals surface area contributed by atoms with Crippen LogP contribution in [0.25, 0.3) is 11.4 Å². The Bertz CT molecular complexity index is 819. The fraction of sp³-hybridized carbons (Fsp3) is 0.176. The van der Waals surface area contributed by atoms with Gasteiger partial charge >= 0.3 is 0 Å². The first-order valence-electron chi connectivity index (χ1n) is 7.48. The van der Waals surface area contributed by atoms with Gasteiger partial charge < -0.3 is 5.32 Å². The molecule has 6 nitrogen and oxygen atoms in total. The molecule has 3 aromatic rings. The number of carbonyl (C=O) groups is 1. The van der Waals surface area contributed by atoms with Gasteiger partial charge in [0.15, 0.2) is 5.82 Å². The van der Waals surface area contributed by atoms with Gasteiger partial charge in [-0.3, -0.25) is 14.9 Å². The molecule has 0 aliphatic heterocycles. The Morgan fingerprint density at radius 2 is 2.04 bits per heavy atom. The maximum absolute atomic E-state index is 12.2. The Balaban J connectivity index is 1.60. The zero-order valence-corrected chi connectivity index (χ0v) is 14.0. The van der Waals surface area contributed by atoms with Gasteiger partial charge in [-0.25, -0.2) is 4.98 Å². The molecule has 3 rings (SSSR count). The molecule has 0 aliphatic rings. The van der Waals surface area contributed by atoms with E-state index < -0.39 is 0 Å². The zero-order chi connectivity index (χ0) is 16.8. The predicted molar refractivity (Wildman–Crippen MR) is 95.6 cm³/mol. The Hall–Kier alpha value is -2.67. The molecule has 122 valence electrons. The van der Waals surface area contributed by atoms with E-state index in [0.717, 1.165) is 17.1 Å². The number of aryl methyl sites for hydroxylation is 1. The van der Waals surface area contributed by atoms with Crippen molar-refractivity contribution in [2.75, 3.05) is 11.1 Å². The number of hydrogen-bond donors (Lipinski definition) is 2. The average molecular weight is 339 g/mol. The van der Waals surface area contributed by atoms with Crippen molar-refractivity contribution in [2.24, 2.45) is 0 Å². The molecule has 1 amide bonds. The lowest BCUT2D eigenvalue weighted by Gasteiger charge is -2.08. The summed E-state index contributed by atoms with van der Waals surface area (Å²) in [4.78, 5) is 20.8. The minimum atomic E-state index is -0.0596. The molecule has 2 heterocycles. The van der Waals surface area contributed by atoms with Crippen molar-refractivity contribution in [1.82, 2.24) is 20.2 Å². The highest BCUT2D eigenvalue weighted by Crippen LogP contribution is 2.25. The summed E-state index contributed by atoms with van der Waals surface area (Å²) in [7, 11) is 0. The van der Waals surface area contributed by atoms with Crippen molar-refractivity contribution in [1.29, 1.82) is 0 Å². The summed E-state index contributed by atoms with van der Waals surface area (Å²) in [5.74, 6) is 2.31. The van der Waals surface area contributed by atoms with Crippen molar-refractivity contribution in [3.8, 4) is 11.4 Å². The molecule has 0 radical (unpaired) electrons. The normalized spacial score (nSPS) is 10.5. The molecule has 0 aliphatic carbocycles. The van der Waals surface area contributed by atoms with Gasteiger partial charge in [0.05, 0.1) is 17.1 Å². The van der Waals surface area contributed by atoms with Crippen molar-refractivity contribution >= 4 is 23.4 Å². The van der Waals surface area contributed by atoms with E-state index >= 15 is 0 Å². The van der Waals surface area contributed by atoms with E-state index in [4.69, 9.17) is 0 Å². The third-order valence-corrected chi connectivity index (χ3v) is 4.21. The standard InChI is InChI=1S/C17H17N5OS/c1-12-19-17(22-21-12)14-7-2-3-8-15(14)20-16(23)11-24-10-13-6-4-5-9-18-13/h2-9H,10-11H2,1H3,(H,20,23)(H,19,21,22). The Morgan fingerprint density at radius 1 is 1.21 bits per heavy atom. The predicted octanol–water partition coefficient (Wildman–Crippen LogP) is 3.05. The Kier molecular flexibility index (Phi) is 5.22. The molecule has 0 unspecified atom stereocenters. The van der Waals surface area contributed by atoms with Crippen LogP contribution in [0.1, 0.15) is 11.5 Å². The first-order chi connectivity index (χ1) is 11.7. The number of thioether (sulfide) groups is 1. The number of benzene rings is 1. The second kappa shape index (κ2) is 7.74. The number of H-pyrrole nitrogens is 1. The lowest BCUT2D eigenvalue weighted by Crippen LogP contribution is -2.15. The molecule has 0 fully saturated rings. The zero-order valence-electron chi connectivity index (χ0n) is 13.2. The van der Waals surface area contributed by atoms with Crippen LogP contribution in [-0.4, -0.2) is 31.8 Å². The molecular formula is C17H17N5OS. The van der Waals surface area contributed by atoms with Gasteiger partial charge in [-0.2, -0.15) is 5.10 Å². The maximum Gasteiger partial charge on any atom is 0.234 e. The monoisotopic (exact) mass is 339 g/mol. The molecule has 2 N–H and O–H groups in total. The Morgan fingerprint density at radius 3 is 2.79 bits per heavy atom. The fourth-order valence-electron chi connectivity index (χ4n) is 2.17. The smallest absolute Gasteiger partial charge is 0.234 e. The number of amides is 1. The van der Waals surface area contributed by atoms with Gasteiger partial charge in [0.2, 0.25) is 5.91 Å². The summed E-state index contributed by atoms with van der Waals surface area (Å²) in [6, 6.07) is 13.3. The highest BCUT2D eigenvalue weighted by molar-refractivity contribution is 7.99. The number of pyridine rings is 1. The topological polar surface area (TPSA) is 83.6 Å². The van der Waals surface area contributed by atoms with Gasteiger partial charge in [-0.15, -0.1) is 11.8 Å². The summed E-state index contributed by atoms with van der Waals surface area (Å²) in [6.07, 6.45) is 1.76. The van der Waals surface area contributed by atoms with Crippen molar-refractivity contribution in [2.45, 2.75) is 12.7 Å². The molecule has 2 aromatic heterocycles. The van der Waals surface area contributed by atoms with Crippen LogP contribution in [-0.2, 0) is 10.5 Å². The largest absolute Gasteiger partial charge is 0.325 e. The molecule has 7 heteroatoms. The number of para-hydroxylation sites is 1. The number of hydrogen-bond acceptors (Lipinski definition) is 5. The quantitative estimate of drug-likeness (QED) is 0.721. The summed E-state index contributed by atoms with van der Waals surface area (Å²) in [5.41, 5.74) is 2.47. The molecule has 0 bridgehead atoms. The van der Waals surface area contributed by atoms with E-state index in [2.05, 4.69) is 25.5 Å². The Labute approximate surface area is 144 Å². The lowest BCUT2D eigenvalue weighted by molar-refractivity contribution is -0.113. The van der Waals surface area contributed by atoms with Crippen LogP contribution in [0.2, 0.25) is 0 Å². The van der Waals surface area contributed by atoms with Crippen LogP contribution < -0.4 is 5.32 Å². The first-order valence-corrected chi connectivity index (χ1v) is 8.64. The average Bonchev–Trinajstić information content (AvgIpc) is 3.02. The van der Waals surface area contributed by atoms with E-state index in [9.17, 15) is 4.79 Å². The lowest BCUT2D eigenvalue weighted by atomic mass is 10.1. The van der Waals surface area contributed by atoms with E-state index in [1.807, 2.05) is 49.4 Å². The van der Waals surface area contributed by atoms with Gasteiger partial charge in [0, 0.05) is 17.5 Å². The number of rotatable bonds is 6. The van der Waals surface area contributed by atoms with E-state index in [-0.39, 0.29) is 5.91 Å². The van der Waals surface area contributed by atoms with Crippen molar-refractivity contribution < 1.29 is 4.79 Å². The minimum Gasteiger partial charge on any atom is -0.325 e. The van der Waals surface area contributed by atoms with E-state index in [1.165, 1.54) is 11.8 Å². The number of anilines is 1. The second-order valence-electron chi connectivity index (χ2n) is 5.15. The highest BCUT2D eigenvalue weighted by atomic mass is 32.2. The van der Waals surface area contributed by atoms with Gasteiger partial charge in [0.1, 0.15) is 5.82 Å². The van der Waals surface area contributed by atoms with Crippen LogP contribution in [0.3, 0.4) is 0 Å². The van der Waals surface area contributed by atoms with Crippen molar-refractivity contribution in [3.63, 3.8) is 0 Å². The number of aromatic nitrogens is 4. The summed E-state index contributed by atoms with van der Waals surface area (Å²) in [6.45, 7) is 1.84. The van der Waals surface area contributed by atoms with Crippen LogP contribution in [0.4, 0.5) is 5.69 Å². The van der Waals surface area contributed by atoms with Crippen molar-refractivity contribution in [3.05, 3.63) is 60.2 Å². The minimum absolute atomic E-state index is 0.0596. The van der Waals surface area contributed by atoms with Crippen LogP contribution in [0.5, 0.6) is 0 Å². The maximum atomic E-state index is 12.2. The molecule has 0 saturated heterocycles. The molecule has 0 saturated carbocycles. The number of carbonyl (C=O) groups excluding carboxylic acids is 1. The summed E-state index contributed by atoms with van der Waals surface area (Å²) in [5, 5.41) is 9.90. The van der Waals surface area contributed by atoms with E-state index in [0.29, 0.717) is 23.0 Å². The first kappa shape index (κ1) is 16.2. The molecule has 1 aromatic carbocycles. The second-order valence-corrected chi connectivity index (χ2v) is 6.14. The highest BCUT2D eigenvalue weighted by Gasteiger charge is 2.11. The van der Waals surface area contributed by atoms with Crippen LogP contribution in [0, 0.1) is 6.92 Å². The van der Waals surface area contributed by atoms with E-state index in [1.54, 1.807) is 6.20 Å². The summed E-state index contributed by atoms with van der Waals surface area (Å²) < 4.78 is 0. The third kappa shape index (κ3) is 4.20. The molecule has 0 atom stereocenters. The summed E-state index contributed by atoms with van der Waals surface area (Å²) >= 11 is 1.53. The van der Waals surface area contributed by atoms with Gasteiger partial charge in [-0.05, 0) is 31.2 Å². The number of aromatic amines is 1. The third-order valence-electron chi connectivity index (χ3n) is 3.25. The van der Waals surface area contributed by atoms with Crippen LogP contribution in [0.15, 0.2) is 48.7 Å². The van der Waals surface area contributed by atoms with Gasteiger partial charge in [-0.1, -0.05) is 18.2 Å². The molecular weight excluding hydrogens is 322 g/mol. The molecule has 0 spiro atoms. The van der Waals surface area contributed by atoms with Crippen LogP contribution >= 0.6 is 11.8 Å². The number of nitrogens with one attached hydrogen (secondary N) is 2. The van der Waals surface area contributed by atoms with Gasteiger partial charge in [0.25, 0.3) is 0 Å². The molecule has 24 heavy (non-hydrogen) atoms. The number of nitrogens with zero attached hydrogens (tertiary/aromatic N) is 3.